The number of hydrogen-bond acceptors (Lipinski definition) is 5. The van der Waals surface area contributed by atoms with Gasteiger partial charge >= 0.3 is 11.7 Å². The highest BCUT2D eigenvalue weighted by Gasteiger charge is 2.15. The molecule has 0 aromatic carbocycles. The second-order valence-corrected chi connectivity index (χ2v) is 4.73. The Kier molecular flexibility index (Phi) is 5.66. The summed E-state index contributed by atoms with van der Waals surface area (Å²) in [5.41, 5.74) is 0.494. The summed E-state index contributed by atoms with van der Waals surface area (Å²) in [6.07, 6.45) is 0.907. The largest absolute Gasteiger partial charge is 0.469 e. The lowest BCUT2D eigenvalue weighted by Crippen LogP contribution is -2.17. The van der Waals surface area contributed by atoms with Crippen molar-refractivity contribution in [2.75, 3.05) is 7.11 Å². The number of nitrogens with zero attached hydrogens (tertiary/aromatic N) is 2. The summed E-state index contributed by atoms with van der Waals surface area (Å²) in [6.45, 7) is 4.72. The van der Waals surface area contributed by atoms with Crippen molar-refractivity contribution in [3.8, 4) is 0 Å². The summed E-state index contributed by atoms with van der Waals surface area (Å²) in [5.74, 6) is -1.39. The number of carbonyl (C=O) groups is 1. The lowest BCUT2D eigenvalue weighted by Gasteiger charge is -2.10. The lowest BCUT2D eigenvalue weighted by molar-refractivity contribution is -0.145. The van der Waals surface area contributed by atoms with Gasteiger partial charge in [0.2, 0.25) is 0 Å². The third kappa shape index (κ3) is 4.04. The standard InChI is InChI=1S/C13H19FN2O4/c1-8(5-6-9(2)12(17)19-4)11(14)7-16-10(3)15-20-13(16)18/h9H,5-7H2,1-4H3/b11-8+. The van der Waals surface area contributed by atoms with E-state index in [1.165, 1.54) is 7.11 Å². The molecular weight excluding hydrogens is 267 g/mol. The van der Waals surface area contributed by atoms with Crippen LogP contribution in [0.5, 0.6) is 0 Å². The number of halogens is 1. The van der Waals surface area contributed by atoms with Gasteiger partial charge in [-0.25, -0.2) is 9.18 Å². The van der Waals surface area contributed by atoms with Gasteiger partial charge in [0.05, 0.1) is 19.6 Å². The molecule has 0 saturated heterocycles. The van der Waals surface area contributed by atoms with Gasteiger partial charge in [-0.15, -0.1) is 0 Å². The first-order chi connectivity index (χ1) is 9.36. The minimum atomic E-state index is -0.687. The fourth-order valence-electron chi connectivity index (χ4n) is 1.68. The van der Waals surface area contributed by atoms with Crippen molar-refractivity contribution in [2.45, 2.75) is 40.2 Å². The maximum Gasteiger partial charge on any atom is 0.441 e. The van der Waals surface area contributed by atoms with E-state index in [-0.39, 0.29) is 18.4 Å². The first-order valence-electron chi connectivity index (χ1n) is 6.31. The van der Waals surface area contributed by atoms with Gasteiger partial charge in [-0.1, -0.05) is 12.1 Å². The first-order valence-corrected chi connectivity index (χ1v) is 6.31. The van der Waals surface area contributed by atoms with Crippen molar-refractivity contribution in [3.63, 3.8) is 0 Å². The molecule has 7 heteroatoms. The molecule has 0 saturated carbocycles. The number of hydrogen-bond donors (Lipinski definition) is 0. The molecule has 0 amide bonds. The highest BCUT2D eigenvalue weighted by molar-refractivity contribution is 5.71. The molecule has 6 nitrogen and oxygen atoms in total. The zero-order valence-corrected chi connectivity index (χ0v) is 12.1. The second kappa shape index (κ2) is 7.02. The first kappa shape index (κ1) is 16.1. The Labute approximate surface area is 116 Å². The fraction of sp³-hybridized carbons (Fsp3) is 0.615. The van der Waals surface area contributed by atoms with Crippen LogP contribution in [0.15, 0.2) is 20.7 Å². The second-order valence-electron chi connectivity index (χ2n) is 4.73. The zero-order chi connectivity index (χ0) is 15.3. The van der Waals surface area contributed by atoms with Crippen LogP contribution in [0.2, 0.25) is 0 Å². The monoisotopic (exact) mass is 286 g/mol. The summed E-state index contributed by atoms with van der Waals surface area (Å²) in [5, 5.41) is 3.46. The van der Waals surface area contributed by atoms with Crippen LogP contribution in [0, 0.1) is 12.8 Å². The average molecular weight is 286 g/mol. The number of carbonyl (C=O) groups excluding carboxylic acids is 1. The summed E-state index contributed by atoms with van der Waals surface area (Å²) in [7, 11) is 1.32. The van der Waals surface area contributed by atoms with E-state index < -0.39 is 11.6 Å². The van der Waals surface area contributed by atoms with Crippen LogP contribution < -0.4 is 5.76 Å². The number of methoxy groups -OCH3 is 1. The van der Waals surface area contributed by atoms with Crippen molar-refractivity contribution in [2.24, 2.45) is 5.92 Å². The fourth-order valence-corrected chi connectivity index (χ4v) is 1.68. The van der Waals surface area contributed by atoms with Gasteiger partial charge in [0.25, 0.3) is 0 Å². The van der Waals surface area contributed by atoms with Crippen LogP contribution in [0.25, 0.3) is 0 Å². The summed E-state index contributed by atoms with van der Waals surface area (Å²) in [4.78, 5) is 22.5. The molecule has 1 aromatic rings. The minimum absolute atomic E-state index is 0.202. The number of aromatic nitrogens is 2. The highest BCUT2D eigenvalue weighted by Crippen LogP contribution is 2.18. The lowest BCUT2D eigenvalue weighted by atomic mass is 10.0. The van der Waals surface area contributed by atoms with E-state index in [9.17, 15) is 14.0 Å². The van der Waals surface area contributed by atoms with Crippen molar-refractivity contribution in [3.05, 3.63) is 27.8 Å². The topological polar surface area (TPSA) is 74.3 Å². The van der Waals surface area contributed by atoms with Crippen molar-refractivity contribution in [1.29, 1.82) is 0 Å². The predicted octanol–water partition coefficient (Wildman–Crippen LogP) is 1.98. The normalized spacial score (nSPS) is 13.8. The average Bonchev–Trinajstić information content (AvgIpc) is 2.74. The molecule has 0 aliphatic rings. The van der Waals surface area contributed by atoms with Crippen molar-refractivity contribution in [1.82, 2.24) is 9.72 Å². The number of allylic oxidation sites excluding steroid dienone is 2. The molecule has 0 bridgehead atoms. The molecule has 0 fully saturated rings. The number of rotatable bonds is 6. The summed E-state index contributed by atoms with van der Waals surface area (Å²) >= 11 is 0. The molecule has 1 atom stereocenters. The Morgan fingerprint density at radius 2 is 2.20 bits per heavy atom. The van der Waals surface area contributed by atoms with E-state index in [0.717, 1.165) is 4.57 Å². The van der Waals surface area contributed by atoms with E-state index in [0.29, 0.717) is 24.2 Å². The molecule has 1 rings (SSSR count). The van der Waals surface area contributed by atoms with Crippen LogP contribution in [0.3, 0.4) is 0 Å². The zero-order valence-electron chi connectivity index (χ0n) is 12.1. The minimum Gasteiger partial charge on any atom is -0.469 e. The molecule has 0 radical (unpaired) electrons. The summed E-state index contributed by atoms with van der Waals surface area (Å²) < 4.78 is 24.1. The molecule has 0 aliphatic heterocycles. The van der Waals surface area contributed by atoms with Gasteiger partial charge < -0.3 is 4.74 Å². The Balaban J connectivity index is 2.66. The Bertz CT molecular complexity index is 559. The third-order valence-electron chi connectivity index (χ3n) is 3.18. The molecule has 1 unspecified atom stereocenters. The van der Waals surface area contributed by atoms with Gasteiger partial charge in [-0.2, -0.15) is 0 Å². The van der Waals surface area contributed by atoms with Crippen molar-refractivity contribution >= 4 is 5.97 Å². The molecule has 0 aliphatic carbocycles. The van der Waals surface area contributed by atoms with E-state index in [1.54, 1.807) is 20.8 Å². The molecule has 20 heavy (non-hydrogen) atoms. The molecule has 0 spiro atoms. The van der Waals surface area contributed by atoms with Crippen molar-refractivity contribution < 1.29 is 18.4 Å². The Morgan fingerprint density at radius 1 is 1.55 bits per heavy atom. The highest BCUT2D eigenvalue weighted by atomic mass is 19.1. The SMILES string of the molecule is COC(=O)C(C)CC/C(C)=C(/F)Cn1c(C)noc1=O. The van der Waals surface area contributed by atoms with Gasteiger partial charge in [0.1, 0.15) is 5.83 Å². The van der Waals surface area contributed by atoms with Gasteiger partial charge in [-0.05, 0) is 32.3 Å². The predicted molar refractivity (Wildman–Crippen MR) is 69.7 cm³/mol. The quantitative estimate of drug-likeness (QED) is 0.747. The molecule has 1 heterocycles. The smallest absolute Gasteiger partial charge is 0.441 e. The number of ether oxygens (including phenoxy) is 1. The van der Waals surface area contributed by atoms with E-state index in [4.69, 9.17) is 0 Å². The third-order valence-corrected chi connectivity index (χ3v) is 3.18. The molecule has 1 aromatic heterocycles. The molecule has 0 N–H and O–H groups in total. The Hall–Kier alpha value is -1.92. The summed E-state index contributed by atoms with van der Waals surface area (Å²) in [6, 6.07) is 0. The van der Waals surface area contributed by atoms with E-state index in [2.05, 4.69) is 14.4 Å². The van der Waals surface area contributed by atoms with Gasteiger partial charge in [-0.3, -0.25) is 13.9 Å². The Morgan fingerprint density at radius 3 is 2.70 bits per heavy atom. The van der Waals surface area contributed by atoms with Crippen LogP contribution in [0.4, 0.5) is 4.39 Å². The molecule has 112 valence electrons. The van der Waals surface area contributed by atoms with Crippen LogP contribution in [-0.2, 0) is 16.1 Å². The maximum atomic E-state index is 14.0. The van der Waals surface area contributed by atoms with Crippen LogP contribution >= 0.6 is 0 Å². The number of esters is 1. The van der Waals surface area contributed by atoms with Crippen LogP contribution in [0.1, 0.15) is 32.5 Å². The molecular formula is C13H19FN2O4. The van der Waals surface area contributed by atoms with Crippen LogP contribution in [-0.4, -0.2) is 22.8 Å². The maximum absolute atomic E-state index is 14.0. The van der Waals surface area contributed by atoms with E-state index in [1.807, 2.05) is 0 Å². The van der Waals surface area contributed by atoms with Gasteiger partial charge in [0.15, 0.2) is 5.82 Å². The number of aryl methyl sites for hydroxylation is 1. The van der Waals surface area contributed by atoms with Gasteiger partial charge in [0, 0.05) is 0 Å². The van der Waals surface area contributed by atoms with E-state index >= 15 is 0 Å².